The summed E-state index contributed by atoms with van der Waals surface area (Å²) in [6, 6.07) is 0.362. The predicted octanol–water partition coefficient (Wildman–Crippen LogP) is 2.42. The third-order valence-corrected chi connectivity index (χ3v) is 3.74. The molecule has 0 radical (unpaired) electrons. The summed E-state index contributed by atoms with van der Waals surface area (Å²) < 4.78 is 0. The summed E-state index contributed by atoms with van der Waals surface area (Å²) in [6.07, 6.45) is 4.78. The Labute approximate surface area is 91.5 Å². The lowest BCUT2D eigenvalue weighted by Gasteiger charge is -2.31. The number of carbonyl (C=O) groups excluding carboxylic acids is 1. The molecule has 0 aromatic carbocycles. The van der Waals surface area contributed by atoms with Crippen molar-refractivity contribution in [3.63, 3.8) is 0 Å². The van der Waals surface area contributed by atoms with Gasteiger partial charge in [-0.1, -0.05) is 19.8 Å². The minimum absolute atomic E-state index is 0.00207. The maximum Gasteiger partial charge on any atom is 0.251 e. The van der Waals surface area contributed by atoms with Crippen LogP contribution >= 0.6 is 0 Å². The summed E-state index contributed by atoms with van der Waals surface area (Å²) in [5, 5.41) is 6.17. The van der Waals surface area contributed by atoms with E-state index in [4.69, 9.17) is 0 Å². The van der Waals surface area contributed by atoms with Crippen molar-refractivity contribution in [2.45, 2.75) is 52.5 Å². The average Bonchev–Trinajstić information content (AvgIpc) is 2.46. The second-order valence-electron chi connectivity index (χ2n) is 5.07. The molecule has 0 bridgehead atoms. The molecule has 1 aliphatic carbocycles. The van der Waals surface area contributed by atoms with Crippen molar-refractivity contribution in [2.24, 2.45) is 16.9 Å². The molecule has 2 rings (SSSR count). The molecule has 1 amide bonds. The van der Waals surface area contributed by atoms with E-state index < -0.39 is 0 Å². The molecule has 2 aliphatic rings. The summed E-state index contributed by atoms with van der Waals surface area (Å²) >= 11 is 0. The summed E-state index contributed by atoms with van der Waals surface area (Å²) in [5.41, 5.74) is 0.971. The number of rotatable bonds is 1. The van der Waals surface area contributed by atoms with E-state index in [2.05, 4.69) is 12.0 Å². The monoisotopic (exact) mass is 208 g/mol. The Kier molecular flexibility index (Phi) is 2.81. The highest BCUT2D eigenvalue weighted by atomic mass is 16.2. The van der Waals surface area contributed by atoms with Crippen LogP contribution in [0.15, 0.2) is 5.10 Å². The smallest absolute Gasteiger partial charge is 0.251 e. The second kappa shape index (κ2) is 3.95. The summed E-state index contributed by atoms with van der Waals surface area (Å²) in [7, 11) is 0. The quantitative estimate of drug-likeness (QED) is 0.651. The van der Waals surface area contributed by atoms with Crippen LogP contribution < -0.4 is 0 Å². The Hall–Kier alpha value is -0.860. The van der Waals surface area contributed by atoms with Gasteiger partial charge in [-0.25, -0.2) is 5.01 Å². The van der Waals surface area contributed by atoms with Gasteiger partial charge >= 0.3 is 0 Å². The molecule has 3 heteroatoms. The maximum absolute atomic E-state index is 11.9. The normalized spacial score (nSPS) is 37.0. The molecule has 3 atom stereocenters. The Morgan fingerprint density at radius 2 is 2.07 bits per heavy atom. The van der Waals surface area contributed by atoms with Crippen molar-refractivity contribution >= 4 is 11.6 Å². The van der Waals surface area contributed by atoms with Gasteiger partial charge in [0.1, 0.15) is 0 Å². The van der Waals surface area contributed by atoms with Gasteiger partial charge in [-0.2, -0.15) is 5.10 Å². The lowest BCUT2D eigenvalue weighted by molar-refractivity contribution is -0.134. The SMILES string of the molecule is CC1=NN(C2CCCC(C)C2)C(=O)C1C. The minimum atomic E-state index is 0.00207. The highest BCUT2D eigenvalue weighted by Gasteiger charge is 2.35. The molecule has 0 aromatic rings. The Balaban J connectivity index is 2.08. The first-order chi connectivity index (χ1) is 7.09. The Bertz CT molecular complexity index is 298. The molecule has 84 valence electrons. The summed E-state index contributed by atoms with van der Waals surface area (Å²) in [6.45, 7) is 6.18. The van der Waals surface area contributed by atoms with Crippen LogP contribution in [0.2, 0.25) is 0 Å². The van der Waals surface area contributed by atoms with Crippen molar-refractivity contribution in [3.8, 4) is 0 Å². The van der Waals surface area contributed by atoms with Crippen molar-refractivity contribution in [3.05, 3.63) is 0 Å². The van der Waals surface area contributed by atoms with E-state index in [0.717, 1.165) is 24.5 Å². The first-order valence-corrected chi connectivity index (χ1v) is 5.97. The number of hydrogen-bond donors (Lipinski definition) is 0. The van der Waals surface area contributed by atoms with Crippen LogP contribution in [0.3, 0.4) is 0 Å². The number of hydrazone groups is 1. The molecule has 1 saturated carbocycles. The van der Waals surface area contributed by atoms with E-state index in [1.165, 1.54) is 12.8 Å². The van der Waals surface area contributed by atoms with Gasteiger partial charge in [0.2, 0.25) is 0 Å². The highest BCUT2D eigenvalue weighted by molar-refractivity contribution is 6.06. The topological polar surface area (TPSA) is 32.7 Å². The van der Waals surface area contributed by atoms with Gasteiger partial charge in [-0.05, 0) is 32.6 Å². The maximum atomic E-state index is 11.9. The van der Waals surface area contributed by atoms with Crippen LogP contribution in [0.5, 0.6) is 0 Å². The molecule has 1 aliphatic heterocycles. The molecule has 1 heterocycles. The van der Waals surface area contributed by atoms with E-state index in [9.17, 15) is 4.79 Å². The van der Waals surface area contributed by atoms with Crippen LogP contribution in [0.4, 0.5) is 0 Å². The Morgan fingerprint density at radius 3 is 2.60 bits per heavy atom. The van der Waals surface area contributed by atoms with Gasteiger partial charge < -0.3 is 0 Å². The average molecular weight is 208 g/mol. The van der Waals surface area contributed by atoms with E-state index >= 15 is 0 Å². The Morgan fingerprint density at radius 1 is 1.33 bits per heavy atom. The van der Waals surface area contributed by atoms with Gasteiger partial charge in [0.15, 0.2) is 0 Å². The molecule has 3 nitrogen and oxygen atoms in total. The van der Waals surface area contributed by atoms with Crippen LogP contribution in [0.1, 0.15) is 46.5 Å². The van der Waals surface area contributed by atoms with Gasteiger partial charge in [0, 0.05) is 5.71 Å². The molecule has 0 N–H and O–H groups in total. The zero-order chi connectivity index (χ0) is 11.0. The van der Waals surface area contributed by atoms with Crippen molar-refractivity contribution in [1.82, 2.24) is 5.01 Å². The number of nitrogens with zero attached hydrogens (tertiary/aromatic N) is 2. The van der Waals surface area contributed by atoms with Gasteiger partial charge in [0.25, 0.3) is 5.91 Å². The van der Waals surface area contributed by atoms with E-state index in [0.29, 0.717) is 6.04 Å². The lowest BCUT2D eigenvalue weighted by Crippen LogP contribution is -2.38. The first-order valence-electron chi connectivity index (χ1n) is 5.97. The summed E-state index contributed by atoms with van der Waals surface area (Å²) in [5.74, 6) is 0.941. The van der Waals surface area contributed by atoms with Crippen LogP contribution in [-0.2, 0) is 4.79 Å². The number of carbonyl (C=O) groups is 1. The fourth-order valence-corrected chi connectivity index (χ4v) is 2.57. The molecule has 0 saturated heterocycles. The lowest BCUT2D eigenvalue weighted by atomic mass is 9.86. The van der Waals surface area contributed by atoms with E-state index in [1.807, 2.05) is 13.8 Å². The zero-order valence-electron chi connectivity index (χ0n) is 9.86. The molecular weight excluding hydrogens is 188 g/mol. The first kappa shape index (κ1) is 10.7. The molecular formula is C12H20N2O. The minimum Gasteiger partial charge on any atom is -0.272 e. The largest absolute Gasteiger partial charge is 0.272 e. The molecule has 15 heavy (non-hydrogen) atoms. The van der Waals surface area contributed by atoms with Crippen LogP contribution in [-0.4, -0.2) is 22.7 Å². The second-order valence-corrected chi connectivity index (χ2v) is 5.07. The fourth-order valence-electron chi connectivity index (χ4n) is 2.57. The summed E-state index contributed by atoms with van der Waals surface area (Å²) in [4.78, 5) is 11.9. The number of amides is 1. The molecule has 0 spiro atoms. The predicted molar refractivity (Wildman–Crippen MR) is 60.5 cm³/mol. The third-order valence-electron chi connectivity index (χ3n) is 3.74. The van der Waals surface area contributed by atoms with Gasteiger partial charge in [-0.15, -0.1) is 0 Å². The molecule has 3 unspecified atom stereocenters. The van der Waals surface area contributed by atoms with Crippen LogP contribution in [0.25, 0.3) is 0 Å². The molecule has 1 fully saturated rings. The van der Waals surface area contributed by atoms with Gasteiger partial charge in [-0.3, -0.25) is 4.79 Å². The van der Waals surface area contributed by atoms with Crippen molar-refractivity contribution < 1.29 is 4.79 Å². The van der Waals surface area contributed by atoms with Crippen molar-refractivity contribution in [2.75, 3.05) is 0 Å². The standard InChI is InChI=1S/C12H20N2O/c1-8-5-4-6-11(7-8)14-12(15)9(2)10(3)13-14/h8-9,11H,4-7H2,1-3H3. The van der Waals surface area contributed by atoms with Gasteiger partial charge in [0.05, 0.1) is 12.0 Å². The fraction of sp³-hybridized carbons (Fsp3) is 0.833. The van der Waals surface area contributed by atoms with E-state index in [-0.39, 0.29) is 11.8 Å². The van der Waals surface area contributed by atoms with Crippen LogP contribution in [0, 0.1) is 11.8 Å². The molecule has 0 aromatic heterocycles. The van der Waals surface area contributed by atoms with Crippen molar-refractivity contribution in [1.29, 1.82) is 0 Å². The van der Waals surface area contributed by atoms with E-state index in [1.54, 1.807) is 5.01 Å². The zero-order valence-corrected chi connectivity index (χ0v) is 9.86. The number of hydrogen-bond acceptors (Lipinski definition) is 2. The third kappa shape index (κ3) is 1.92. The highest BCUT2D eigenvalue weighted by Crippen LogP contribution is 2.30.